The van der Waals surface area contributed by atoms with Crippen LogP contribution in [0.25, 0.3) is 0 Å². The Hall–Kier alpha value is -2.25. The van der Waals surface area contributed by atoms with Gasteiger partial charge in [0.2, 0.25) is 0 Å². The minimum Gasteiger partial charge on any atom is -0.468 e. The van der Waals surface area contributed by atoms with Gasteiger partial charge >= 0.3 is 5.97 Å². The lowest BCUT2D eigenvalue weighted by molar-refractivity contribution is -0.148. The number of hydrogen-bond acceptors (Lipinski definition) is 6. The maximum absolute atomic E-state index is 14.2. The van der Waals surface area contributed by atoms with E-state index in [0.29, 0.717) is 25.2 Å². The molecule has 6 nitrogen and oxygen atoms in total. The Bertz CT molecular complexity index is 726. The molecule has 0 spiro atoms. The van der Waals surface area contributed by atoms with E-state index in [4.69, 9.17) is 9.26 Å². The number of aromatic nitrogens is 1. The van der Waals surface area contributed by atoms with E-state index in [-0.39, 0.29) is 0 Å². The smallest absolute Gasteiger partial charge is 0.327 e. The Morgan fingerprint density at radius 2 is 2.04 bits per heavy atom. The zero-order chi connectivity index (χ0) is 17.8. The first-order chi connectivity index (χ1) is 12.1. The van der Waals surface area contributed by atoms with Crippen LogP contribution in [-0.4, -0.2) is 54.2 Å². The van der Waals surface area contributed by atoms with Gasteiger partial charge < -0.3 is 9.26 Å². The molecule has 0 amide bonds. The van der Waals surface area contributed by atoms with Gasteiger partial charge in [-0.25, -0.2) is 9.18 Å². The Labute approximate surface area is 146 Å². The first kappa shape index (κ1) is 17.6. The summed E-state index contributed by atoms with van der Waals surface area (Å²) in [7, 11) is 1.33. The lowest BCUT2D eigenvalue weighted by Crippen LogP contribution is -2.49. The number of halogens is 1. The standard InChI is InChI=1S/C18H22FN3O3/c1-13-11-14(25-20-13)12-21-7-9-22(10-8-21)17(18(23)24-2)15-5-3-4-6-16(15)19/h3-6,11,17H,7-10,12H2,1-2H3/t17-/m0/s1. The number of benzene rings is 1. The average molecular weight is 347 g/mol. The number of methoxy groups -OCH3 is 1. The minimum absolute atomic E-state index is 0.355. The molecule has 1 aromatic carbocycles. The molecule has 2 aromatic rings. The van der Waals surface area contributed by atoms with Crippen LogP contribution in [0.1, 0.15) is 23.1 Å². The van der Waals surface area contributed by atoms with Crippen molar-refractivity contribution in [3.63, 3.8) is 0 Å². The lowest BCUT2D eigenvalue weighted by atomic mass is 10.0. The van der Waals surface area contributed by atoms with Crippen molar-refractivity contribution in [1.29, 1.82) is 0 Å². The molecule has 134 valence electrons. The second-order valence-electron chi connectivity index (χ2n) is 6.19. The van der Waals surface area contributed by atoms with Crippen molar-refractivity contribution in [2.24, 2.45) is 0 Å². The highest BCUT2D eigenvalue weighted by molar-refractivity contribution is 5.77. The molecule has 1 aliphatic rings. The first-order valence-electron chi connectivity index (χ1n) is 8.29. The number of ether oxygens (including phenoxy) is 1. The number of piperazine rings is 1. The first-order valence-corrected chi connectivity index (χ1v) is 8.29. The molecule has 0 saturated carbocycles. The summed E-state index contributed by atoms with van der Waals surface area (Å²) in [5.74, 6) is -0.00792. The van der Waals surface area contributed by atoms with Crippen LogP contribution in [0.2, 0.25) is 0 Å². The topological polar surface area (TPSA) is 58.8 Å². The molecule has 1 aromatic heterocycles. The molecule has 0 unspecified atom stereocenters. The van der Waals surface area contributed by atoms with E-state index in [9.17, 15) is 9.18 Å². The van der Waals surface area contributed by atoms with Gasteiger partial charge in [-0.15, -0.1) is 0 Å². The van der Waals surface area contributed by atoms with Crippen LogP contribution in [0.15, 0.2) is 34.9 Å². The van der Waals surface area contributed by atoms with Crippen LogP contribution in [0, 0.1) is 12.7 Å². The Morgan fingerprint density at radius 3 is 2.64 bits per heavy atom. The largest absolute Gasteiger partial charge is 0.468 e. The van der Waals surface area contributed by atoms with Crippen LogP contribution in [-0.2, 0) is 16.1 Å². The Morgan fingerprint density at radius 1 is 1.32 bits per heavy atom. The highest BCUT2D eigenvalue weighted by Gasteiger charge is 2.33. The fourth-order valence-corrected chi connectivity index (χ4v) is 3.17. The van der Waals surface area contributed by atoms with E-state index < -0.39 is 17.8 Å². The number of rotatable bonds is 5. The summed E-state index contributed by atoms with van der Waals surface area (Å²) in [6.07, 6.45) is 0. The third-order valence-corrected chi connectivity index (χ3v) is 4.45. The second-order valence-corrected chi connectivity index (χ2v) is 6.19. The number of hydrogen-bond donors (Lipinski definition) is 0. The van der Waals surface area contributed by atoms with Gasteiger partial charge in [0.15, 0.2) is 5.76 Å². The predicted octanol–water partition coefficient (Wildman–Crippen LogP) is 2.15. The van der Waals surface area contributed by atoms with Crippen molar-refractivity contribution in [3.05, 3.63) is 53.2 Å². The fourth-order valence-electron chi connectivity index (χ4n) is 3.17. The van der Waals surface area contributed by atoms with Gasteiger partial charge in [-0.2, -0.15) is 0 Å². The fraction of sp³-hybridized carbons (Fsp3) is 0.444. The van der Waals surface area contributed by atoms with E-state index in [0.717, 1.165) is 24.5 Å². The number of nitrogens with zero attached hydrogens (tertiary/aromatic N) is 3. The predicted molar refractivity (Wildman–Crippen MR) is 89.2 cm³/mol. The highest BCUT2D eigenvalue weighted by atomic mass is 19.1. The third kappa shape index (κ3) is 4.05. The summed E-state index contributed by atoms with van der Waals surface area (Å²) in [5, 5.41) is 3.89. The summed E-state index contributed by atoms with van der Waals surface area (Å²) in [5.41, 5.74) is 1.22. The van der Waals surface area contributed by atoms with Crippen LogP contribution < -0.4 is 0 Å². The summed E-state index contributed by atoms with van der Waals surface area (Å²) < 4.78 is 24.4. The Kier molecular flexibility index (Phi) is 5.45. The van der Waals surface area contributed by atoms with E-state index >= 15 is 0 Å². The SMILES string of the molecule is COC(=O)[C@H](c1ccccc1F)N1CCN(Cc2cc(C)no2)CC1. The quantitative estimate of drug-likeness (QED) is 0.773. The van der Waals surface area contributed by atoms with Gasteiger partial charge in [0, 0.05) is 37.8 Å². The molecule has 1 aliphatic heterocycles. The van der Waals surface area contributed by atoms with Gasteiger partial charge in [-0.3, -0.25) is 9.80 Å². The molecule has 1 saturated heterocycles. The monoisotopic (exact) mass is 347 g/mol. The second kappa shape index (κ2) is 7.76. The number of esters is 1. The number of carbonyl (C=O) groups is 1. The zero-order valence-electron chi connectivity index (χ0n) is 14.4. The molecule has 2 heterocycles. The van der Waals surface area contributed by atoms with Crippen molar-refractivity contribution in [2.75, 3.05) is 33.3 Å². The van der Waals surface area contributed by atoms with E-state index in [1.165, 1.54) is 13.2 Å². The van der Waals surface area contributed by atoms with Crippen LogP contribution >= 0.6 is 0 Å². The Balaban J connectivity index is 1.68. The average Bonchev–Trinajstić information content (AvgIpc) is 3.03. The maximum atomic E-state index is 14.2. The third-order valence-electron chi connectivity index (χ3n) is 4.45. The van der Waals surface area contributed by atoms with Gasteiger partial charge in [-0.05, 0) is 13.0 Å². The molecule has 3 rings (SSSR count). The van der Waals surface area contributed by atoms with Crippen molar-refractivity contribution in [2.45, 2.75) is 19.5 Å². The number of carbonyl (C=O) groups excluding carboxylic acids is 1. The molecular formula is C18H22FN3O3. The molecule has 0 bridgehead atoms. The van der Waals surface area contributed by atoms with Gasteiger partial charge in [-0.1, -0.05) is 23.4 Å². The molecule has 0 radical (unpaired) electrons. The van der Waals surface area contributed by atoms with Gasteiger partial charge in [0.05, 0.1) is 19.3 Å². The lowest BCUT2D eigenvalue weighted by Gasteiger charge is -2.37. The number of aryl methyl sites for hydroxylation is 1. The van der Waals surface area contributed by atoms with E-state index in [1.807, 2.05) is 17.9 Å². The van der Waals surface area contributed by atoms with Crippen molar-refractivity contribution < 1.29 is 18.4 Å². The molecule has 25 heavy (non-hydrogen) atoms. The summed E-state index contributed by atoms with van der Waals surface area (Å²) in [6.45, 7) is 5.35. The molecule has 1 atom stereocenters. The summed E-state index contributed by atoms with van der Waals surface area (Å²) in [6, 6.07) is 7.56. The van der Waals surface area contributed by atoms with Crippen molar-refractivity contribution in [3.8, 4) is 0 Å². The van der Waals surface area contributed by atoms with Crippen LogP contribution in [0.5, 0.6) is 0 Å². The molecule has 0 N–H and O–H groups in total. The summed E-state index contributed by atoms with van der Waals surface area (Å²) >= 11 is 0. The summed E-state index contributed by atoms with van der Waals surface area (Å²) in [4.78, 5) is 16.5. The maximum Gasteiger partial charge on any atom is 0.327 e. The van der Waals surface area contributed by atoms with Crippen molar-refractivity contribution in [1.82, 2.24) is 15.0 Å². The highest BCUT2D eigenvalue weighted by Crippen LogP contribution is 2.26. The molecular weight excluding hydrogens is 325 g/mol. The zero-order valence-corrected chi connectivity index (χ0v) is 14.4. The van der Waals surface area contributed by atoms with Crippen LogP contribution in [0.4, 0.5) is 4.39 Å². The van der Waals surface area contributed by atoms with Gasteiger partial charge in [0.1, 0.15) is 11.9 Å². The van der Waals surface area contributed by atoms with E-state index in [2.05, 4.69) is 10.1 Å². The van der Waals surface area contributed by atoms with Crippen molar-refractivity contribution >= 4 is 5.97 Å². The molecule has 7 heteroatoms. The minimum atomic E-state index is -0.721. The van der Waals surface area contributed by atoms with E-state index in [1.54, 1.807) is 18.2 Å². The molecule has 1 fully saturated rings. The van der Waals surface area contributed by atoms with Crippen LogP contribution in [0.3, 0.4) is 0 Å². The van der Waals surface area contributed by atoms with Gasteiger partial charge in [0.25, 0.3) is 0 Å². The normalized spacial score (nSPS) is 17.4. The molecule has 0 aliphatic carbocycles.